The molecule has 1 aromatic carbocycles. The summed E-state index contributed by atoms with van der Waals surface area (Å²) in [4.78, 5) is 14.9. The van der Waals surface area contributed by atoms with Crippen LogP contribution in [0.3, 0.4) is 0 Å². The van der Waals surface area contributed by atoms with Crippen LogP contribution in [0.1, 0.15) is 23.4 Å². The molecular formula is C18H18Cl2N2O2. The molecule has 3 aliphatic rings. The minimum absolute atomic E-state index is 0.168. The van der Waals surface area contributed by atoms with Gasteiger partial charge in [0.05, 0.1) is 5.02 Å². The molecule has 4 nitrogen and oxygen atoms in total. The number of fused-ring (bicyclic) bond motifs is 3. The minimum Gasteiger partial charge on any atom is -0.451 e. The fourth-order valence-electron chi connectivity index (χ4n) is 3.66. The first-order valence-electron chi connectivity index (χ1n) is 8.18. The third-order valence-electron chi connectivity index (χ3n) is 5.00. The monoisotopic (exact) mass is 364 g/mol. The summed E-state index contributed by atoms with van der Waals surface area (Å²) < 4.78 is 5.72. The molecule has 0 spiro atoms. The van der Waals surface area contributed by atoms with Crippen LogP contribution < -0.4 is 5.32 Å². The van der Waals surface area contributed by atoms with Crippen LogP contribution in [-0.4, -0.2) is 36.5 Å². The van der Waals surface area contributed by atoms with Crippen LogP contribution in [0.4, 0.5) is 0 Å². The fraction of sp³-hybridized carbons (Fsp3) is 0.389. The molecule has 1 amide bonds. The Bertz CT molecular complexity index is 766. The van der Waals surface area contributed by atoms with E-state index in [4.69, 9.17) is 27.6 Å². The predicted octanol–water partition coefficient (Wildman–Crippen LogP) is 4.08. The summed E-state index contributed by atoms with van der Waals surface area (Å²) in [6.45, 7) is 3.23. The zero-order valence-electron chi connectivity index (χ0n) is 13.1. The van der Waals surface area contributed by atoms with Crippen molar-refractivity contribution in [2.24, 2.45) is 5.92 Å². The van der Waals surface area contributed by atoms with E-state index in [1.165, 1.54) is 0 Å². The molecule has 1 N–H and O–H groups in total. The summed E-state index contributed by atoms with van der Waals surface area (Å²) in [6, 6.07) is 8.82. The molecule has 1 aromatic heterocycles. The molecule has 2 bridgehead atoms. The normalized spacial score (nSPS) is 25.7. The van der Waals surface area contributed by atoms with E-state index < -0.39 is 0 Å². The van der Waals surface area contributed by atoms with E-state index >= 15 is 0 Å². The molecule has 1 unspecified atom stereocenters. The molecule has 0 radical (unpaired) electrons. The second-order valence-electron chi connectivity index (χ2n) is 6.51. The third-order valence-corrected chi connectivity index (χ3v) is 5.56. The Kier molecular flexibility index (Phi) is 4.29. The quantitative estimate of drug-likeness (QED) is 0.892. The Morgan fingerprint density at radius 1 is 1.17 bits per heavy atom. The van der Waals surface area contributed by atoms with Crippen LogP contribution in [0.25, 0.3) is 11.3 Å². The standard InChI is InChI=1S/C18H18Cl2N2O2/c19-12-1-2-14(20)13(9-12)16-3-4-17(24-16)18(23)21-15-10-22-7-5-11(15)6-8-22/h1-4,9,11,15H,5-8,10H2,(H,21,23). The van der Waals surface area contributed by atoms with E-state index in [-0.39, 0.29) is 11.9 Å². The number of carbonyl (C=O) groups is 1. The van der Waals surface area contributed by atoms with Gasteiger partial charge in [-0.25, -0.2) is 0 Å². The molecule has 5 rings (SSSR count). The van der Waals surface area contributed by atoms with Gasteiger partial charge in [0.1, 0.15) is 5.76 Å². The molecule has 126 valence electrons. The van der Waals surface area contributed by atoms with E-state index in [0.29, 0.717) is 33.0 Å². The van der Waals surface area contributed by atoms with E-state index in [0.717, 1.165) is 32.5 Å². The number of carbonyl (C=O) groups excluding carboxylic acids is 1. The highest BCUT2D eigenvalue weighted by Crippen LogP contribution is 2.32. The van der Waals surface area contributed by atoms with Gasteiger partial charge < -0.3 is 14.6 Å². The number of halogens is 2. The summed E-state index contributed by atoms with van der Waals surface area (Å²) in [5.41, 5.74) is 0.686. The summed E-state index contributed by atoms with van der Waals surface area (Å²) in [5.74, 6) is 1.26. The van der Waals surface area contributed by atoms with Gasteiger partial charge in [-0.3, -0.25) is 4.79 Å². The van der Waals surface area contributed by atoms with Gasteiger partial charge in [0.25, 0.3) is 5.91 Å². The highest BCUT2D eigenvalue weighted by atomic mass is 35.5. The third kappa shape index (κ3) is 3.06. The van der Waals surface area contributed by atoms with Crippen LogP contribution in [0, 0.1) is 5.92 Å². The maximum atomic E-state index is 12.5. The lowest BCUT2D eigenvalue weighted by Crippen LogP contribution is -2.57. The lowest BCUT2D eigenvalue weighted by molar-refractivity contribution is 0.0606. The fourth-order valence-corrected chi connectivity index (χ4v) is 4.04. The van der Waals surface area contributed by atoms with Crippen molar-refractivity contribution in [3.63, 3.8) is 0 Å². The molecular weight excluding hydrogens is 347 g/mol. The SMILES string of the molecule is O=C(NC1CN2CCC1CC2)c1ccc(-c2cc(Cl)ccc2Cl)o1. The second-order valence-corrected chi connectivity index (χ2v) is 7.35. The molecule has 4 heterocycles. The van der Waals surface area contributed by atoms with Crippen molar-refractivity contribution in [1.82, 2.24) is 10.2 Å². The Balaban J connectivity index is 1.50. The zero-order valence-corrected chi connectivity index (χ0v) is 14.6. The predicted molar refractivity (Wildman–Crippen MR) is 94.6 cm³/mol. The van der Waals surface area contributed by atoms with Crippen molar-refractivity contribution in [1.29, 1.82) is 0 Å². The smallest absolute Gasteiger partial charge is 0.287 e. The van der Waals surface area contributed by atoms with Crippen molar-refractivity contribution in [3.8, 4) is 11.3 Å². The van der Waals surface area contributed by atoms with E-state index in [1.54, 1.807) is 30.3 Å². The molecule has 1 atom stereocenters. The van der Waals surface area contributed by atoms with Crippen LogP contribution in [0.2, 0.25) is 10.0 Å². The number of benzene rings is 1. The number of hydrogen-bond acceptors (Lipinski definition) is 3. The van der Waals surface area contributed by atoms with Crippen LogP contribution >= 0.6 is 23.2 Å². The van der Waals surface area contributed by atoms with Gasteiger partial charge in [0.15, 0.2) is 5.76 Å². The Morgan fingerprint density at radius 3 is 2.67 bits per heavy atom. The molecule has 6 heteroatoms. The number of hydrogen-bond donors (Lipinski definition) is 1. The average Bonchev–Trinajstić information content (AvgIpc) is 3.08. The lowest BCUT2D eigenvalue weighted by atomic mass is 9.84. The Hall–Kier alpha value is -1.49. The van der Waals surface area contributed by atoms with Gasteiger partial charge in [0.2, 0.25) is 0 Å². The highest BCUT2D eigenvalue weighted by molar-refractivity contribution is 6.35. The zero-order chi connectivity index (χ0) is 16.7. The number of furan rings is 1. The van der Waals surface area contributed by atoms with Crippen molar-refractivity contribution in [2.75, 3.05) is 19.6 Å². The van der Waals surface area contributed by atoms with E-state index in [2.05, 4.69) is 10.2 Å². The number of piperidine rings is 3. The number of amides is 1. The first kappa shape index (κ1) is 16.0. The molecule has 0 aliphatic carbocycles. The maximum absolute atomic E-state index is 12.5. The largest absolute Gasteiger partial charge is 0.451 e. The van der Waals surface area contributed by atoms with E-state index in [9.17, 15) is 4.79 Å². The Labute approximate surface area is 150 Å². The van der Waals surface area contributed by atoms with Gasteiger partial charge in [0, 0.05) is 23.2 Å². The molecule has 3 fully saturated rings. The number of nitrogens with one attached hydrogen (secondary N) is 1. The second kappa shape index (κ2) is 6.43. The van der Waals surface area contributed by atoms with Crippen molar-refractivity contribution in [3.05, 3.63) is 46.1 Å². The van der Waals surface area contributed by atoms with Crippen molar-refractivity contribution < 1.29 is 9.21 Å². The number of nitrogens with zero attached hydrogens (tertiary/aromatic N) is 1. The molecule has 3 saturated heterocycles. The van der Waals surface area contributed by atoms with Gasteiger partial charge in [-0.2, -0.15) is 0 Å². The maximum Gasteiger partial charge on any atom is 0.287 e. The Morgan fingerprint density at radius 2 is 1.96 bits per heavy atom. The first-order chi connectivity index (χ1) is 11.6. The average molecular weight is 365 g/mol. The minimum atomic E-state index is -0.168. The first-order valence-corrected chi connectivity index (χ1v) is 8.94. The van der Waals surface area contributed by atoms with Gasteiger partial charge in [-0.05, 0) is 62.2 Å². The van der Waals surface area contributed by atoms with E-state index in [1.807, 2.05) is 0 Å². The molecule has 2 aromatic rings. The number of rotatable bonds is 3. The summed E-state index contributed by atoms with van der Waals surface area (Å²) in [6.07, 6.45) is 2.32. The van der Waals surface area contributed by atoms with Crippen molar-refractivity contribution >= 4 is 29.1 Å². The molecule has 0 saturated carbocycles. The summed E-state index contributed by atoms with van der Waals surface area (Å²) in [5, 5.41) is 4.24. The lowest BCUT2D eigenvalue weighted by Gasteiger charge is -2.44. The van der Waals surface area contributed by atoms with Gasteiger partial charge in [-0.1, -0.05) is 23.2 Å². The summed E-state index contributed by atoms with van der Waals surface area (Å²) >= 11 is 12.2. The molecule has 3 aliphatic heterocycles. The van der Waals surface area contributed by atoms with Crippen LogP contribution in [-0.2, 0) is 0 Å². The van der Waals surface area contributed by atoms with Gasteiger partial charge >= 0.3 is 0 Å². The topological polar surface area (TPSA) is 45.5 Å². The molecule has 24 heavy (non-hydrogen) atoms. The van der Waals surface area contributed by atoms with Crippen LogP contribution in [0.5, 0.6) is 0 Å². The van der Waals surface area contributed by atoms with Crippen molar-refractivity contribution in [2.45, 2.75) is 18.9 Å². The van der Waals surface area contributed by atoms with Gasteiger partial charge in [-0.15, -0.1) is 0 Å². The van der Waals surface area contributed by atoms with Crippen LogP contribution in [0.15, 0.2) is 34.7 Å². The summed E-state index contributed by atoms with van der Waals surface area (Å²) in [7, 11) is 0. The highest BCUT2D eigenvalue weighted by Gasteiger charge is 2.35.